The van der Waals surface area contributed by atoms with Gasteiger partial charge in [0, 0.05) is 25.0 Å². The second-order valence-corrected chi connectivity index (χ2v) is 4.22. The number of alkyl halides is 3. The van der Waals surface area contributed by atoms with Gasteiger partial charge in [-0.05, 0) is 12.1 Å². The first kappa shape index (κ1) is 14.8. The van der Waals surface area contributed by atoms with Gasteiger partial charge >= 0.3 is 6.18 Å². The monoisotopic (exact) mass is 298 g/mol. The Labute approximate surface area is 118 Å². The summed E-state index contributed by atoms with van der Waals surface area (Å²) in [4.78, 5) is 7.83. The number of nitrogens with one attached hydrogen (secondary N) is 1. The summed E-state index contributed by atoms with van der Waals surface area (Å²) in [6.45, 7) is -0.228. The fourth-order valence-corrected chi connectivity index (χ4v) is 1.67. The molecule has 0 amide bonds. The molecule has 9 heteroatoms. The zero-order valence-electron chi connectivity index (χ0n) is 11.1. The van der Waals surface area contributed by atoms with Crippen molar-refractivity contribution in [3.8, 4) is 0 Å². The molecule has 0 saturated carbocycles. The molecular weight excluding hydrogens is 285 g/mol. The van der Waals surface area contributed by atoms with Crippen molar-refractivity contribution >= 4 is 11.8 Å². The van der Waals surface area contributed by atoms with Gasteiger partial charge in [0.25, 0.3) is 0 Å². The van der Waals surface area contributed by atoms with Crippen LogP contribution in [0.4, 0.5) is 19.0 Å². The van der Waals surface area contributed by atoms with E-state index < -0.39 is 11.9 Å². The molecule has 0 radical (unpaired) electrons. The Morgan fingerprint density at radius 3 is 2.81 bits per heavy atom. The van der Waals surface area contributed by atoms with E-state index >= 15 is 0 Å². The van der Waals surface area contributed by atoms with Gasteiger partial charge in [0.1, 0.15) is 5.82 Å². The lowest BCUT2D eigenvalue weighted by molar-refractivity contribution is -0.142. The van der Waals surface area contributed by atoms with E-state index in [1.54, 1.807) is 24.4 Å². The largest absolute Gasteiger partial charge is 0.435 e. The minimum absolute atomic E-state index is 0.0225. The summed E-state index contributed by atoms with van der Waals surface area (Å²) in [6.07, 6.45) is -1.70. The Hall–Kier alpha value is -2.58. The maximum atomic E-state index is 12.8. The van der Waals surface area contributed by atoms with Crippen molar-refractivity contribution in [3.05, 3.63) is 41.9 Å². The van der Waals surface area contributed by atoms with Crippen molar-refractivity contribution in [2.45, 2.75) is 12.7 Å². The third kappa shape index (κ3) is 3.94. The molecule has 0 bridgehead atoms. The summed E-state index contributed by atoms with van der Waals surface area (Å²) < 4.78 is 39.3. The van der Waals surface area contributed by atoms with Crippen LogP contribution in [-0.4, -0.2) is 20.7 Å². The molecule has 0 aliphatic rings. The van der Waals surface area contributed by atoms with Gasteiger partial charge in [0.05, 0.1) is 6.54 Å². The van der Waals surface area contributed by atoms with Gasteiger partial charge in [-0.25, -0.2) is 9.98 Å². The molecule has 0 fully saturated rings. The van der Waals surface area contributed by atoms with Gasteiger partial charge in [0.2, 0.25) is 0 Å². The lowest BCUT2D eigenvalue weighted by Crippen LogP contribution is -2.23. The molecule has 0 atom stereocenters. The summed E-state index contributed by atoms with van der Waals surface area (Å²) in [5.41, 5.74) is 4.61. The molecule has 3 N–H and O–H groups in total. The van der Waals surface area contributed by atoms with Crippen molar-refractivity contribution in [1.82, 2.24) is 14.8 Å². The fraction of sp³-hybridized carbons (Fsp3) is 0.250. The maximum absolute atomic E-state index is 12.8. The normalized spacial score (nSPS) is 12.5. The molecule has 0 saturated heterocycles. The quantitative estimate of drug-likeness (QED) is 0.668. The van der Waals surface area contributed by atoms with Gasteiger partial charge in [-0.3, -0.25) is 4.68 Å². The predicted octanol–water partition coefficient (Wildman–Crippen LogP) is 1.76. The number of guanidine groups is 1. The SMILES string of the molecule is Cn1cc(CN=C(N)Nc2ccccn2)c(C(F)(F)F)n1. The van der Waals surface area contributed by atoms with Crippen LogP contribution in [-0.2, 0) is 19.8 Å². The van der Waals surface area contributed by atoms with E-state index in [0.29, 0.717) is 5.82 Å². The van der Waals surface area contributed by atoms with Crippen LogP contribution in [0.25, 0.3) is 0 Å². The lowest BCUT2D eigenvalue weighted by atomic mass is 10.2. The van der Waals surface area contributed by atoms with E-state index in [9.17, 15) is 13.2 Å². The third-order valence-corrected chi connectivity index (χ3v) is 2.51. The van der Waals surface area contributed by atoms with E-state index in [-0.39, 0.29) is 18.1 Å². The number of halogens is 3. The van der Waals surface area contributed by atoms with E-state index in [1.807, 2.05) is 0 Å². The second kappa shape index (κ2) is 5.81. The highest BCUT2D eigenvalue weighted by Gasteiger charge is 2.36. The zero-order chi connectivity index (χ0) is 15.5. The summed E-state index contributed by atoms with van der Waals surface area (Å²) >= 11 is 0. The van der Waals surface area contributed by atoms with Gasteiger partial charge in [0.15, 0.2) is 11.7 Å². The predicted molar refractivity (Wildman–Crippen MR) is 71.4 cm³/mol. The highest BCUT2D eigenvalue weighted by molar-refractivity contribution is 5.91. The summed E-state index contributed by atoms with van der Waals surface area (Å²) in [5, 5.41) is 6.08. The smallest absolute Gasteiger partial charge is 0.370 e. The molecule has 21 heavy (non-hydrogen) atoms. The Balaban J connectivity index is 2.10. The van der Waals surface area contributed by atoms with Crippen LogP contribution in [0.15, 0.2) is 35.6 Å². The average Bonchev–Trinajstić information content (AvgIpc) is 2.79. The van der Waals surface area contributed by atoms with Crippen molar-refractivity contribution in [1.29, 1.82) is 0 Å². The summed E-state index contributed by atoms with van der Waals surface area (Å²) in [6, 6.07) is 5.13. The minimum atomic E-state index is -4.52. The van der Waals surface area contributed by atoms with Crippen LogP contribution in [0.2, 0.25) is 0 Å². The van der Waals surface area contributed by atoms with Crippen molar-refractivity contribution in [2.24, 2.45) is 17.8 Å². The molecule has 0 aliphatic heterocycles. The average molecular weight is 298 g/mol. The molecule has 2 rings (SSSR count). The number of anilines is 1. The first-order valence-corrected chi connectivity index (χ1v) is 5.94. The molecule has 0 spiro atoms. The molecular formula is C12H13F3N6. The number of hydrogen-bond donors (Lipinski definition) is 2. The molecule has 6 nitrogen and oxygen atoms in total. The van der Waals surface area contributed by atoms with Crippen LogP contribution >= 0.6 is 0 Å². The van der Waals surface area contributed by atoms with Crippen LogP contribution in [0.5, 0.6) is 0 Å². The van der Waals surface area contributed by atoms with Crippen molar-refractivity contribution in [2.75, 3.05) is 5.32 Å². The first-order valence-electron chi connectivity index (χ1n) is 5.94. The van der Waals surface area contributed by atoms with Gasteiger partial charge in [-0.1, -0.05) is 6.07 Å². The number of aliphatic imine (C=N–C) groups is 1. The lowest BCUT2D eigenvalue weighted by Gasteiger charge is -2.06. The Morgan fingerprint density at radius 2 is 2.19 bits per heavy atom. The number of hydrogen-bond acceptors (Lipinski definition) is 3. The maximum Gasteiger partial charge on any atom is 0.435 e. The van der Waals surface area contributed by atoms with Crippen LogP contribution < -0.4 is 11.1 Å². The highest BCUT2D eigenvalue weighted by Crippen LogP contribution is 2.30. The van der Waals surface area contributed by atoms with Gasteiger partial charge in [-0.2, -0.15) is 18.3 Å². The molecule has 0 aliphatic carbocycles. The Kier molecular flexibility index (Phi) is 4.10. The molecule has 0 unspecified atom stereocenters. The zero-order valence-corrected chi connectivity index (χ0v) is 11.1. The number of aromatic nitrogens is 3. The van der Waals surface area contributed by atoms with Crippen LogP contribution in [0.1, 0.15) is 11.3 Å². The topological polar surface area (TPSA) is 81.1 Å². The standard InChI is InChI=1S/C12H13F3N6/c1-21-7-8(10(20-21)12(13,14)15)6-18-11(16)19-9-4-2-3-5-17-9/h2-5,7H,6H2,1H3,(H3,16,17,18,19). The fourth-order valence-electron chi connectivity index (χ4n) is 1.67. The molecule has 2 aromatic heterocycles. The van der Waals surface area contributed by atoms with Gasteiger partial charge < -0.3 is 11.1 Å². The second-order valence-electron chi connectivity index (χ2n) is 4.22. The van der Waals surface area contributed by atoms with E-state index in [4.69, 9.17) is 5.73 Å². The summed E-state index contributed by atoms with van der Waals surface area (Å²) in [7, 11) is 1.41. The molecule has 2 aromatic rings. The Bertz CT molecular complexity index is 632. The van der Waals surface area contributed by atoms with Crippen LogP contribution in [0.3, 0.4) is 0 Å². The highest BCUT2D eigenvalue weighted by atomic mass is 19.4. The number of nitrogens with zero attached hydrogens (tertiary/aromatic N) is 4. The minimum Gasteiger partial charge on any atom is -0.370 e. The number of rotatable bonds is 3. The molecule has 2 heterocycles. The number of aryl methyl sites for hydroxylation is 1. The number of nitrogens with two attached hydrogens (primary N) is 1. The molecule has 0 aromatic carbocycles. The van der Waals surface area contributed by atoms with E-state index in [2.05, 4.69) is 20.4 Å². The van der Waals surface area contributed by atoms with E-state index in [0.717, 1.165) is 4.68 Å². The van der Waals surface area contributed by atoms with Crippen molar-refractivity contribution < 1.29 is 13.2 Å². The third-order valence-electron chi connectivity index (χ3n) is 2.51. The van der Waals surface area contributed by atoms with E-state index in [1.165, 1.54) is 13.2 Å². The van der Waals surface area contributed by atoms with Crippen LogP contribution in [0, 0.1) is 0 Å². The van der Waals surface area contributed by atoms with Gasteiger partial charge in [-0.15, -0.1) is 0 Å². The first-order chi connectivity index (χ1) is 9.86. The molecule has 112 valence electrons. The number of pyridine rings is 1. The summed E-state index contributed by atoms with van der Waals surface area (Å²) in [5.74, 6) is 0.437. The van der Waals surface area contributed by atoms with Crippen molar-refractivity contribution in [3.63, 3.8) is 0 Å². The Morgan fingerprint density at radius 1 is 1.43 bits per heavy atom.